The van der Waals surface area contributed by atoms with E-state index in [4.69, 9.17) is 28.1 Å². The number of anilines is 3. The lowest BCUT2D eigenvalue weighted by Gasteiger charge is -2.31. The van der Waals surface area contributed by atoms with E-state index in [-0.39, 0.29) is 39.1 Å². The number of nitriles is 1. The highest BCUT2D eigenvalue weighted by Crippen LogP contribution is 2.52. The minimum atomic E-state index is -0.830. The molecule has 5 rings (SSSR count). The maximum atomic E-state index is 14.2. The number of rotatable bonds is 4. The number of pyridine rings is 1. The highest BCUT2D eigenvalue weighted by atomic mass is 35.5. The smallest absolute Gasteiger partial charge is 0.267 e. The number of benzene rings is 1. The number of hydrogen-bond donors (Lipinski definition) is 2. The van der Waals surface area contributed by atoms with Crippen LogP contribution in [-0.4, -0.2) is 31.6 Å². The summed E-state index contributed by atoms with van der Waals surface area (Å²) in [6.07, 6.45) is 4.25. The maximum Gasteiger partial charge on any atom is 0.267 e. The summed E-state index contributed by atoms with van der Waals surface area (Å²) in [6.45, 7) is 0. The molecule has 1 aliphatic carbocycles. The molecule has 0 spiro atoms. The number of nitrogen functional groups attached to an aromatic ring is 2. The monoisotopic (exact) mass is 477 g/mol. The number of halogens is 2. The Hall–Kier alpha value is -4.30. The molecule has 0 saturated heterocycles. The first-order chi connectivity index (χ1) is 16.3. The highest BCUT2D eigenvalue weighted by molar-refractivity contribution is 6.35. The third-order valence-electron chi connectivity index (χ3n) is 5.98. The molecular weight excluding hydrogens is 461 g/mol. The molecule has 0 unspecified atom stereocenters. The van der Waals surface area contributed by atoms with E-state index in [0.29, 0.717) is 24.4 Å². The van der Waals surface area contributed by atoms with Crippen LogP contribution in [0.2, 0.25) is 5.02 Å². The quantitative estimate of drug-likeness (QED) is 0.451. The Morgan fingerprint density at radius 1 is 1.24 bits per heavy atom. The second-order valence-electron chi connectivity index (χ2n) is 7.91. The molecule has 1 saturated carbocycles. The minimum absolute atomic E-state index is 0.0408. The van der Waals surface area contributed by atoms with Crippen molar-refractivity contribution in [2.24, 2.45) is 0 Å². The normalized spacial score (nSPS) is 14.1. The van der Waals surface area contributed by atoms with Gasteiger partial charge in [-0.15, -0.1) is 0 Å². The minimum Gasteiger partial charge on any atom is -0.382 e. The van der Waals surface area contributed by atoms with E-state index in [1.165, 1.54) is 16.8 Å². The molecule has 4 aromatic rings. The molecule has 1 aromatic carbocycles. The zero-order valence-corrected chi connectivity index (χ0v) is 18.6. The van der Waals surface area contributed by atoms with Crippen molar-refractivity contribution >= 4 is 40.1 Å². The van der Waals surface area contributed by atoms with Gasteiger partial charge in [-0.1, -0.05) is 11.6 Å². The predicted octanol–water partition coefficient (Wildman–Crippen LogP) is 2.52. The van der Waals surface area contributed by atoms with Crippen LogP contribution >= 0.6 is 11.6 Å². The van der Waals surface area contributed by atoms with Crippen LogP contribution in [0.5, 0.6) is 0 Å². The van der Waals surface area contributed by atoms with Gasteiger partial charge < -0.3 is 16.4 Å². The van der Waals surface area contributed by atoms with E-state index in [2.05, 4.69) is 15.0 Å². The number of aromatic nitrogens is 5. The van der Waals surface area contributed by atoms with Gasteiger partial charge in [0.05, 0.1) is 27.8 Å². The lowest BCUT2D eigenvalue weighted by Crippen LogP contribution is -2.39. The molecule has 3 heterocycles. The fourth-order valence-corrected chi connectivity index (χ4v) is 4.35. The van der Waals surface area contributed by atoms with Crippen molar-refractivity contribution in [3.63, 3.8) is 0 Å². The summed E-state index contributed by atoms with van der Waals surface area (Å²) in [6, 6.07) is 7.96. The molecule has 0 bridgehead atoms. The summed E-state index contributed by atoms with van der Waals surface area (Å²) in [5.41, 5.74) is 11.1. The lowest BCUT2D eigenvalue weighted by molar-refractivity contribution is 0.590. The molecule has 0 atom stereocenters. The Labute approximate surface area is 197 Å². The summed E-state index contributed by atoms with van der Waals surface area (Å²) in [5.74, 6) is -0.280. The number of nitrogens with two attached hydrogens (primary N) is 2. The molecule has 12 heteroatoms. The van der Waals surface area contributed by atoms with Gasteiger partial charge >= 0.3 is 0 Å². The Balaban J connectivity index is 1.82. The van der Waals surface area contributed by atoms with Crippen molar-refractivity contribution in [2.45, 2.75) is 18.4 Å². The molecule has 1 fully saturated rings. The van der Waals surface area contributed by atoms with Crippen molar-refractivity contribution in [1.82, 2.24) is 24.5 Å². The summed E-state index contributed by atoms with van der Waals surface area (Å²) < 4.78 is 15.6. The van der Waals surface area contributed by atoms with E-state index in [1.54, 1.807) is 30.3 Å². The van der Waals surface area contributed by atoms with Gasteiger partial charge in [-0.25, -0.2) is 9.37 Å². The summed E-state index contributed by atoms with van der Waals surface area (Å²) in [4.78, 5) is 32.4. The van der Waals surface area contributed by atoms with E-state index < -0.39 is 16.9 Å². The van der Waals surface area contributed by atoms with Gasteiger partial charge in [-0.3, -0.25) is 14.3 Å². The molecule has 3 aromatic heterocycles. The number of fused-ring (bicyclic) bond motifs is 1. The van der Waals surface area contributed by atoms with Crippen LogP contribution in [0.3, 0.4) is 0 Å². The van der Waals surface area contributed by atoms with Gasteiger partial charge in [-0.2, -0.15) is 15.2 Å². The van der Waals surface area contributed by atoms with Crippen molar-refractivity contribution in [3.8, 4) is 11.8 Å². The van der Waals surface area contributed by atoms with Gasteiger partial charge in [0, 0.05) is 13.2 Å². The summed E-state index contributed by atoms with van der Waals surface area (Å²) >= 11 is 6.17. The Kier molecular flexibility index (Phi) is 4.84. The highest BCUT2D eigenvalue weighted by Gasteiger charge is 2.53. The molecule has 0 aliphatic heterocycles. The maximum absolute atomic E-state index is 14.2. The van der Waals surface area contributed by atoms with E-state index in [9.17, 15) is 14.4 Å². The third kappa shape index (κ3) is 3.11. The lowest BCUT2D eigenvalue weighted by atomic mass is 10.1. The Morgan fingerprint density at radius 3 is 2.65 bits per heavy atom. The van der Waals surface area contributed by atoms with Crippen LogP contribution in [0.1, 0.15) is 24.2 Å². The number of nitrogens with zero attached hydrogens (tertiary/aromatic N) is 7. The van der Waals surface area contributed by atoms with Crippen LogP contribution in [0, 0.1) is 17.1 Å². The number of hydrogen-bond acceptors (Lipinski definition) is 9. The standard InChI is InChI=1S/C22H17ClFN9O/c1-32(18-12(9-25)17(26)30-21(27)31-18)22(6-7-22)20-29-14-5-4-13(24)16(23)15(14)19(34)33(20)11-3-2-8-28-10-11/h2-5,8,10H,6-7H2,1H3,(H4,26,27,30,31). The zero-order chi connectivity index (χ0) is 24.2. The van der Waals surface area contributed by atoms with Crippen molar-refractivity contribution in [1.29, 1.82) is 5.26 Å². The van der Waals surface area contributed by atoms with Crippen LogP contribution in [0.15, 0.2) is 41.5 Å². The first-order valence-corrected chi connectivity index (χ1v) is 10.5. The van der Waals surface area contributed by atoms with Gasteiger partial charge in [0.25, 0.3) is 5.56 Å². The van der Waals surface area contributed by atoms with Gasteiger partial charge in [0.1, 0.15) is 34.6 Å². The SMILES string of the molecule is CN(c1nc(N)nc(N)c1C#N)C1(c2nc3ccc(F)c(Cl)c3c(=O)n2-c2cccnc2)CC1. The first kappa shape index (κ1) is 21.5. The largest absolute Gasteiger partial charge is 0.382 e. The van der Waals surface area contributed by atoms with Crippen LogP contribution in [0.4, 0.5) is 22.0 Å². The summed E-state index contributed by atoms with van der Waals surface area (Å²) in [7, 11) is 1.72. The molecule has 1 aliphatic rings. The molecule has 0 radical (unpaired) electrons. The fraction of sp³-hybridized carbons (Fsp3) is 0.182. The second kappa shape index (κ2) is 7.64. The molecular formula is C22H17ClFN9O. The second-order valence-corrected chi connectivity index (χ2v) is 8.29. The zero-order valence-electron chi connectivity index (χ0n) is 17.8. The average molecular weight is 478 g/mol. The van der Waals surface area contributed by atoms with Crippen molar-refractivity contribution in [3.05, 3.63) is 69.2 Å². The average Bonchev–Trinajstić information content (AvgIpc) is 3.63. The fourth-order valence-electron chi connectivity index (χ4n) is 4.11. The van der Waals surface area contributed by atoms with Gasteiger partial charge in [0.2, 0.25) is 5.95 Å². The van der Waals surface area contributed by atoms with Crippen molar-refractivity contribution < 1.29 is 4.39 Å². The molecule has 170 valence electrons. The predicted molar refractivity (Wildman–Crippen MR) is 125 cm³/mol. The topological polar surface area (TPSA) is 153 Å². The molecule has 34 heavy (non-hydrogen) atoms. The van der Waals surface area contributed by atoms with E-state index in [0.717, 1.165) is 6.07 Å². The van der Waals surface area contributed by atoms with Crippen LogP contribution in [-0.2, 0) is 5.54 Å². The van der Waals surface area contributed by atoms with E-state index >= 15 is 0 Å². The van der Waals surface area contributed by atoms with Gasteiger partial charge in [-0.05, 0) is 37.1 Å². The van der Waals surface area contributed by atoms with Crippen molar-refractivity contribution in [2.75, 3.05) is 23.4 Å². The molecule has 0 amide bonds. The van der Waals surface area contributed by atoms with Gasteiger partial charge in [0.15, 0.2) is 5.82 Å². The third-order valence-corrected chi connectivity index (χ3v) is 6.35. The molecule has 4 N–H and O–H groups in total. The summed E-state index contributed by atoms with van der Waals surface area (Å²) in [5, 5.41) is 9.32. The molecule has 10 nitrogen and oxygen atoms in total. The van der Waals surface area contributed by atoms with Crippen LogP contribution < -0.4 is 21.9 Å². The Morgan fingerprint density at radius 2 is 2.00 bits per heavy atom. The van der Waals surface area contributed by atoms with E-state index in [1.807, 2.05) is 6.07 Å². The van der Waals surface area contributed by atoms with Crippen LogP contribution in [0.25, 0.3) is 16.6 Å². The Bertz CT molecular complexity index is 1560. The first-order valence-electron chi connectivity index (χ1n) is 10.2.